The summed E-state index contributed by atoms with van der Waals surface area (Å²) >= 11 is 6.48. The van der Waals surface area contributed by atoms with Gasteiger partial charge >= 0.3 is 0 Å². The average molecular weight is 737 g/mol. The Balaban J connectivity index is 1.27. The Kier molecular flexibility index (Phi) is 12.8. The van der Waals surface area contributed by atoms with Gasteiger partial charge < -0.3 is 14.5 Å². The summed E-state index contributed by atoms with van der Waals surface area (Å²) in [6.45, 7) is 13.4. The lowest BCUT2D eigenvalue weighted by Gasteiger charge is -2.48. The normalized spacial score (nSPS) is 25.1. The number of nitrogens with zero attached hydrogens (tertiary/aromatic N) is 3. The SMILES string of the molecule is CC/C=C/C(CN1CC2CCCCN2CC1=O)C1CCC1CN1CC(c2ccc(Cl)cc2CCC)COc2ccc(C(=O)NS(=O)C(C)C)cc21. The minimum atomic E-state index is -1.47. The highest BCUT2D eigenvalue weighted by Crippen LogP contribution is 2.45. The van der Waals surface area contributed by atoms with Gasteiger partial charge in [0, 0.05) is 54.0 Å². The molecule has 4 aliphatic rings. The van der Waals surface area contributed by atoms with E-state index in [1.165, 1.54) is 30.4 Å². The first-order valence-electron chi connectivity index (χ1n) is 19.3. The van der Waals surface area contributed by atoms with Gasteiger partial charge in [0.05, 0.1) is 18.8 Å². The number of hydrogen-bond donors (Lipinski definition) is 1. The summed E-state index contributed by atoms with van der Waals surface area (Å²) < 4.78 is 21.8. The molecule has 1 N–H and O–H groups in total. The second-order valence-electron chi connectivity index (χ2n) is 15.4. The molecule has 6 rings (SSSR count). The van der Waals surface area contributed by atoms with Crippen LogP contribution in [0.3, 0.4) is 0 Å². The van der Waals surface area contributed by atoms with Crippen LogP contribution < -0.4 is 14.4 Å². The van der Waals surface area contributed by atoms with Crippen molar-refractivity contribution in [3.05, 3.63) is 70.3 Å². The van der Waals surface area contributed by atoms with E-state index in [9.17, 15) is 13.8 Å². The van der Waals surface area contributed by atoms with Crippen LogP contribution in [0.15, 0.2) is 48.6 Å². The Morgan fingerprint density at radius 2 is 1.92 bits per heavy atom. The number of anilines is 1. The van der Waals surface area contributed by atoms with Crippen molar-refractivity contribution in [1.82, 2.24) is 14.5 Å². The van der Waals surface area contributed by atoms with Gasteiger partial charge in [-0.1, -0.05) is 56.5 Å². The van der Waals surface area contributed by atoms with Crippen LogP contribution in [0.1, 0.15) is 100 Å². The lowest BCUT2D eigenvalue weighted by molar-refractivity contribution is -0.140. The van der Waals surface area contributed by atoms with Crippen LogP contribution in [0.5, 0.6) is 5.75 Å². The van der Waals surface area contributed by atoms with E-state index in [4.69, 9.17) is 16.3 Å². The molecule has 51 heavy (non-hydrogen) atoms. The molecule has 2 aromatic carbocycles. The average Bonchev–Trinajstić information content (AvgIpc) is 3.28. The predicted molar refractivity (Wildman–Crippen MR) is 208 cm³/mol. The lowest BCUT2D eigenvalue weighted by atomic mass is 9.66. The van der Waals surface area contributed by atoms with Crippen molar-refractivity contribution in [3.63, 3.8) is 0 Å². The number of nitrogens with one attached hydrogen (secondary N) is 1. The number of aryl methyl sites for hydroxylation is 1. The van der Waals surface area contributed by atoms with Gasteiger partial charge in [-0.05, 0) is 118 Å². The molecule has 2 amide bonds. The molecule has 3 fully saturated rings. The maximum Gasteiger partial charge on any atom is 0.263 e. The Labute approximate surface area is 312 Å². The van der Waals surface area contributed by atoms with Gasteiger partial charge in [-0.2, -0.15) is 0 Å². The van der Waals surface area contributed by atoms with E-state index < -0.39 is 11.0 Å². The summed E-state index contributed by atoms with van der Waals surface area (Å²) in [6.07, 6.45) is 13.5. The van der Waals surface area contributed by atoms with E-state index >= 15 is 0 Å². The van der Waals surface area contributed by atoms with E-state index in [1.54, 1.807) is 6.07 Å². The maximum absolute atomic E-state index is 13.4. The highest BCUT2D eigenvalue weighted by molar-refractivity contribution is 7.84. The van der Waals surface area contributed by atoms with Crippen LogP contribution >= 0.6 is 11.6 Å². The largest absolute Gasteiger partial charge is 0.491 e. The van der Waals surface area contributed by atoms with Crippen LogP contribution in [0.2, 0.25) is 5.02 Å². The molecule has 3 heterocycles. The summed E-state index contributed by atoms with van der Waals surface area (Å²) in [5, 5.41) is 0.567. The molecule has 0 spiro atoms. The van der Waals surface area contributed by atoms with Gasteiger partial charge in [-0.3, -0.25) is 19.2 Å². The monoisotopic (exact) mass is 736 g/mol. The Morgan fingerprint density at radius 3 is 2.67 bits per heavy atom. The molecule has 6 unspecified atom stereocenters. The van der Waals surface area contributed by atoms with Gasteiger partial charge in [0.25, 0.3) is 5.91 Å². The van der Waals surface area contributed by atoms with E-state index in [0.29, 0.717) is 42.5 Å². The van der Waals surface area contributed by atoms with Crippen LogP contribution in [0.25, 0.3) is 0 Å². The molecule has 1 saturated carbocycles. The first-order valence-corrected chi connectivity index (χ1v) is 20.9. The summed E-state index contributed by atoms with van der Waals surface area (Å²) in [4.78, 5) is 33.7. The number of allylic oxidation sites excluding steroid dienone is 1. The Hall–Kier alpha value is -2.88. The molecule has 3 aliphatic heterocycles. The number of benzene rings is 2. The van der Waals surface area contributed by atoms with E-state index in [-0.39, 0.29) is 23.0 Å². The van der Waals surface area contributed by atoms with Crippen LogP contribution in [0, 0.1) is 17.8 Å². The number of rotatable bonds is 13. The van der Waals surface area contributed by atoms with E-state index in [2.05, 4.69) is 57.6 Å². The van der Waals surface area contributed by atoms with Gasteiger partial charge in [0.1, 0.15) is 16.7 Å². The highest BCUT2D eigenvalue weighted by atomic mass is 35.5. The number of carbonyl (C=O) groups excluding carboxylic acids is 2. The van der Waals surface area contributed by atoms with E-state index in [0.717, 1.165) is 81.3 Å². The molecule has 1 aliphatic carbocycles. The first-order chi connectivity index (χ1) is 24.6. The van der Waals surface area contributed by atoms with Crippen molar-refractivity contribution in [2.45, 2.75) is 96.3 Å². The minimum Gasteiger partial charge on any atom is -0.491 e. The van der Waals surface area contributed by atoms with Crippen molar-refractivity contribution < 1.29 is 18.5 Å². The number of hydrogen-bond acceptors (Lipinski definition) is 6. The van der Waals surface area contributed by atoms with Crippen molar-refractivity contribution in [2.24, 2.45) is 17.8 Å². The molecule has 8 nitrogen and oxygen atoms in total. The Morgan fingerprint density at radius 1 is 1.08 bits per heavy atom. The fraction of sp³-hybridized carbons (Fsp3) is 0.610. The van der Waals surface area contributed by atoms with Crippen molar-refractivity contribution in [1.29, 1.82) is 0 Å². The minimum absolute atomic E-state index is 0.112. The third-order valence-electron chi connectivity index (χ3n) is 11.5. The number of fused-ring (bicyclic) bond motifs is 2. The molecule has 2 aromatic rings. The van der Waals surface area contributed by atoms with Gasteiger partial charge in [-0.15, -0.1) is 0 Å². The third kappa shape index (κ3) is 9.02. The number of carbonyl (C=O) groups is 2. The lowest BCUT2D eigenvalue weighted by Crippen LogP contribution is -2.58. The number of ether oxygens (including phenoxy) is 1. The molecule has 0 bridgehead atoms. The highest BCUT2D eigenvalue weighted by Gasteiger charge is 2.41. The smallest absolute Gasteiger partial charge is 0.263 e. The second-order valence-corrected chi connectivity index (χ2v) is 17.6. The quantitative estimate of drug-likeness (QED) is 0.216. The summed E-state index contributed by atoms with van der Waals surface area (Å²) in [5.41, 5.74) is 3.90. The summed E-state index contributed by atoms with van der Waals surface area (Å²) in [5.74, 6) is 2.00. The number of piperazine rings is 1. The molecule has 0 radical (unpaired) electrons. The van der Waals surface area contributed by atoms with Crippen LogP contribution in [-0.2, 0) is 22.2 Å². The third-order valence-corrected chi connectivity index (χ3v) is 13.0. The second kappa shape index (κ2) is 17.3. The fourth-order valence-corrected chi connectivity index (χ4v) is 9.31. The molecule has 6 atom stereocenters. The molecule has 0 aromatic heterocycles. The van der Waals surface area contributed by atoms with Crippen molar-refractivity contribution >= 4 is 40.1 Å². The number of piperidine rings is 1. The van der Waals surface area contributed by atoms with Crippen molar-refractivity contribution in [2.75, 3.05) is 50.8 Å². The van der Waals surface area contributed by atoms with Gasteiger partial charge in [-0.25, -0.2) is 4.21 Å². The summed E-state index contributed by atoms with van der Waals surface area (Å²) in [7, 11) is -1.47. The van der Waals surface area contributed by atoms with Gasteiger partial charge in [0.15, 0.2) is 0 Å². The molecular weight excluding hydrogens is 680 g/mol. The number of halogens is 1. The zero-order chi connectivity index (χ0) is 36.1. The molecule has 278 valence electrons. The van der Waals surface area contributed by atoms with Crippen LogP contribution in [0.4, 0.5) is 5.69 Å². The van der Waals surface area contributed by atoms with E-state index in [1.807, 2.05) is 32.0 Å². The van der Waals surface area contributed by atoms with Crippen LogP contribution in [-0.4, -0.2) is 83.0 Å². The topological polar surface area (TPSA) is 82.2 Å². The van der Waals surface area contributed by atoms with Crippen molar-refractivity contribution in [3.8, 4) is 5.75 Å². The molecular formula is C41H57ClN4O4S. The fourth-order valence-electron chi connectivity index (χ4n) is 8.58. The molecule has 2 saturated heterocycles. The molecule has 10 heteroatoms. The standard InChI is InChI=1S/C41H57ClN4O4S/c1-5-7-11-31(23-46-25-35-12-8-9-19-44(35)26-40(46)47)37-16-13-32(37)22-45-24-33(36-17-15-34(42)20-29(36)10-6-2)27-50-39-18-14-30(21-38(39)45)41(48)43-51(49)28(3)4/h7,11,14-15,17-18,20-21,28,31-33,35,37H,5-6,8-10,12-13,16,19,22-27H2,1-4H3,(H,43,48)/b11-7+. The Bertz CT molecular complexity index is 1600. The first kappa shape index (κ1) is 37.9. The van der Waals surface area contributed by atoms with Gasteiger partial charge in [0.2, 0.25) is 5.91 Å². The zero-order valence-electron chi connectivity index (χ0n) is 31.0. The maximum atomic E-state index is 13.4. The predicted octanol–water partition coefficient (Wildman–Crippen LogP) is 7.38. The zero-order valence-corrected chi connectivity index (χ0v) is 32.5. The number of amides is 2. The summed E-state index contributed by atoms with van der Waals surface area (Å²) in [6, 6.07) is 12.3.